The largest absolute Gasteiger partial charge is 0.356 e. The molecule has 0 aliphatic heterocycles. The molecule has 0 atom stereocenters. The van der Waals surface area contributed by atoms with Crippen molar-refractivity contribution >= 4 is 0 Å². The van der Waals surface area contributed by atoms with Gasteiger partial charge in [0.1, 0.15) is 12.5 Å². The summed E-state index contributed by atoms with van der Waals surface area (Å²) >= 11 is 0. The van der Waals surface area contributed by atoms with E-state index < -0.39 is 5.69 Å². The molecule has 0 unspecified atom stereocenters. The van der Waals surface area contributed by atoms with Crippen LogP contribution in [0, 0.1) is 5.82 Å². The van der Waals surface area contributed by atoms with Gasteiger partial charge in [-0.2, -0.15) is 0 Å². The predicted molar refractivity (Wildman–Crippen MR) is 76.6 cm³/mol. The van der Waals surface area contributed by atoms with Crippen molar-refractivity contribution in [2.75, 3.05) is 0 Å². The van der Waals surface area contributed by atoms with E-state index in [-0.39, 0.29) is 30.6 Å². The van der Waals surface area contributed by atoms with Gasteiger partial charge in [-0.05, 0) is 23.6 Å². The van der Waals surface area contributed by atoms with Gasteiger partial charge in [-0.15, -0.1) is 0 Å². The Balaban J connectivity index is 2.06. The lowest BCUT2D eigenvalue weighted by Crippen LogP contribution is -2.32. The third kappa shape index (κ3) is 3.88. The Morgan fingerprint density at radius 2 is 1.90 bits per heavy atom. The maximum Gasteiger partial charge on any atom is 0.330 e. The molecule has 5 nitrogen and oxygen atoms in total. The van der Waals surface area contributed by atoms with E-state index in [4.69, 9.17) is 4.74 Å². The Bertz CT molecular complexity index is 717. The molecule has 0 spiro atoms. The lowest BCUT2D eigenvalue weighted by atomic mass is 10.1. The number of benzene rings is 1. The van der Waals surface area contributed by atoms with E-state index in [2.05, 4.69) is 4.98 Å². The topological polar surface area (TPSA) is 64.1 Å². The van der Waals surface area contributed by atoms with Crippen molar-refractivity contribution in [3.8, 4) is 0 Å². The van der Waals surface area contributed by atoms with Crippen LogP contribution in [0.2, 0.25) is 0 Å². The van der Waals surface area contributed by atoms with Crippen LogP contribution in [0.5, 0.6) is 0 Å². The van der Waals surface area contributed by atoms with Crippen molar-refractivity contribution < 1.29 is 9.13 Å². The number of halogens is 1. The van der Waals surface area contributed by atoms with E-state index in [0.29, 0.717) is 5.56 Å². The molecule has 1 N–H and O–H groups in total. The summed E-state index contributed by atoms with van der Waals surface area (Å²) in [5, 5.41) is 0. The second-order valence-electron chi connectivity index (χ2n) is 5.07. The molecule has 21 heavy (non-hydrogen) atoms. The molecular formula is C15H17FN2O3. The second-order valence-corrected chi connectivity index (χ2v) is 5.07. The van der Waals surface area contributed by atoms with Gasteiger partial charge in [0, 0.05) is 11.8 Å². The van der Waals surface area contributed by atoms with E-state index >= 15 is 0 Å². The number of hydrogen-bond acceptors (Lipinski definition) is 3. The normalized spacial score (nSPS) is 11.0. The first-order valence-corrected chi connectivity index (χ1v) is 6.63. The summed E-state index contributed by atoms with van der Waals surface area (Å²) in [5.74, 6) is -0.296. The van der Waals surface area contributed by atoms with E-state index in [1.54, 1.807) is 12.1 Å². The van der Waals surface area contributed by atoms with Gasteiger partial charge in [0.25, 0.3) is 5.56 Å². The van der Waals surface area contributed by atoms with E-state index in [0.717, 1.165) is 5.56 Å². The van der Waals surface area contributed by atoms with Gasteiger partial charge in [0.2, 0.25) is 0 Å². The molecule has 1 heterocycles. The van der Waals surface area contributed by atoms with E-state index in [1.807, 2.05) is 13.8 Å². The number of rotatable bonds is 5. The van der Waals surface area contributed by atoms with Gasteiger partial charge in [-0.25, -0.2) is 9.18 Å². The van der Waals surface area contributed by atoms with Crippen LogP contribution >= 0.6 is 0 Å². The minimum Gasteiger partial charge on any atom is -0.356 e. The lowest BCUT2D eigenvalue weighted by Gasteiger charge is -2.10. The number of ether oxygens (including phenoxy) is 1. The molecule has 0 bridgehead atoms. The second kappa shape index (κ2) is 6.49. The Hall–Kier alpha value is -2.21. The molecule has 0 saturated heterocycles. The molecule has 0 aliphatic rings. The number of aromatic amines is 1. The molecule has 2 aromatic rings. The summed E-state index contributed by atoms with van der Waals surface area (Å²) < 4.78 is 19.5. The SMILES string of the molecule is CC(C)c1cn(COCc2ccc(F)cc2)c(=O)[nH]c1=O. The number of aromatic nitrogens is 2. The summed E-state index contributed by atoms with van der Waals surface area (Å²) in [5.41, 5.74) is 0.450. The molecule has 0 aliphatic carbocycles. The minimum atomic E-state index is -0.511. The number of nitrogens with zero attached hydrogens (tertiary/aromatic N) is 1. The highest BCUT2D eigenvalue weighted by Gasteiger charge is 2.08. The van der Waals surface area contributed by atoms with Crippen LogP contribution in [0.25, 0.3) is 0 Å². The van der Waals surface area contributed by atoms with E-state index in [9.17, 15) is 14.0 Å². The average Bonchev–Trinajstić information content (AvgIpc) is 2.43. The summed E-state index contributed by atoms with van der Waals surface area (Å²) in [6.07, 6.45) is 1.51. The fraction of sp³-hybridized carbons (Fsp3) is 0.333. The molecule has 0 saturated carbocycles. The van der Waals surface area contributed by atoms with Crippen LogP contribution in [-0.4, -0.2) is 9.55 Å². The lowest BCUT2D eigenvalue weighted by molar-refractivity contribution is 0.0605. The van der Waals surface area contributed by atoms with Crippen LogP contribution in [0.15, 0.2) is 40.1 Å². The monoisotopic (exact) mass is 292 g/mol. The fourth-order valence-corrected chi connectivity index (χ4v) is 1.88. The zero-order valence-corrected chi connectivity index (χ0v) is 11.9. The summed E-state index contributed by atoms with van der Waals surface area (Å²) in [6, 6.07) is 5.93. The first-order valence-electron chi connectivity index (χ1n) is 6.63. The summed E-state index contributed by atoms with van der Waals surface area (Å²) in [7, 11) is 0. The van der Waals surface area contributed by atoms with Gasteiger partial charge in [-0.1, -0.05) is 26.0 Å². The van der Waals surface area contributed by atoms with Crippen molar-refractivity contribution in [2.45, 2.75) is 33.1 Å². The molecule has 0 amide bonds. The highest BCUT2D eigenvalue weighted by Crippen LogP contribution is 2.07. The summed E-state index contributed by atoms with van der Waals surface area (Å²) in [6.45, 7) is 4.02. The number of nitrogens with one attached hydrogen (secondary N) is 1. The zero-order chi connectivity index (χ0) is 15.4. The van der Waals surface area contributed by atoms with Crippen molar-refractivity contribution in [3.05, 3.63) is 68.2 Å². The van der Waals surface area contributed by atoms with Crippen molar-refractivity contribution in [3.63, 3.8) is 0 Å². The van der Waals surface area contributed by atoms with Gasteiger partial charge in [0.15, 0.2) is 0 Å². The van der Waals surface area contributed by atoms with Crippen LogP contribution in [0.3, 0.4) is 0 Å². The third-order valence-electron chi connectivity index (χ3n) is 3.07. The van der Waals surface area contributed by atoms with Gasteiger partial charge >= 0.3 is 5.69 Å². The Labute approximate surface area is 121 Å². The standard InChI is InChI=1S/C15H17FN2O3/c1-10(2)13-7-18(15(20)17-14(13)19)9-21-8-11-3-5-12(16)6-4-11/h3-7,10H,8-9H2,1-2H3,(H,17,19,20). The maximum atomic E-state index is 12.8. The van der Waals surface area contributed by atoms with Gasteiger partial charge in [0.05, 0.1) is 6.61 Å². The molecule has 2 rings (SSSR count). The predicted octanol–water partition coefficient (Wildman–Crippen LogP) is 1.97. The quantitative estimate of drug-likeness (QED) is 0.916. The molecule has 1 aromatic carbocycles. The Morgan fingerprint density at radius 1 is 1.24 bits per heavy atom. The Morgan fingerprint density at radius 3 is 2.52 bits per heavy atom. The van der Waals surface area contributed by atoms with Gasteiger partial charge < -0.3 is 4.74 Å². The van der Waals surface area contributed by atoms with Crippen molar-refractivity contribution in [2.24, 2.45) is 0 Å². The summed E-state index contributed by atoms with van der Waals surface area (Å²) in [4.78, 5) is 25.6. The molecule has 1 aromatic heterocycles. The van der Waals surface area contributed by atoms with Crippen molar-refractivity contribution in [1.82, 2.24) is 9.55 Å². The first-order chi connectivity index (χ1) is 9.97. The average molecular weight is 292 g/mol. The first kappa shape index (κ1) is 15.2. The molecular weight excluding hydrogens is 275 g/mol. The van der Waals surface area contributed by atoms with Crippen LogP contribution in [0.1, 0.15) is 30.9 Å². The molecule has 6 heteroatoms. The minimum absolute atomic E-state index is 0.0118. The number of hydrogen-bond donors (Lipinski definition) is 1. The van der Waals surface area contributed by atoms with Crippen LogP contribution in [0.4, 0.5) is 4.39 Å². The highest BCUT2D eigenvalue weighted by atomic mass is 19.1. The van der Waals surface area contributed by atoms with Crippen LogP contribution in [-0.2, 0) is 18.1 Å². The zero-order valence-electron chi connectivity index (χ0n) is 11.9. The van der Waals surface area contributed by atoms with E-state index in [1.165, 1.54) is 22.9 Å². The highest BCUT2D eigenvalue weighted by molar-refractivity contribution is 5.15. The van der Waals surface area contributed by atoms with Gasteiger partial charge in [-0.3, -0.25) is 14.3 Å². The van der Waals surface area contributed by atoms with Crippen molar-refractivity contribution in [1.29, 1.82) is 0 Å². The fourth-order valence-electron chi connectivity index (χ4n) is 1.88. The Kier molecular flexibility index (Phi) is 4.70. The smallest absolute Gasteiger partial charge is 0.330 e. The van der Waals surface area contributed by atoms with Crippen LogP contribution < -0.4 is 11.2 Å². The molecule has 112 valence electrons. The molecule has 0 radical (unpaired) electrons. The maximum absolute atomic E-state index is 12.8. The number of H-pyrrole nitrogens is 1. The molecule has 0 fully saturated rings. The third-order valence-corrected chi connectivity index (χ3v) is 3.07.